The number of carbonyl (C=O) groups is 6. The Bertz CT molecular complexity index is 714. The van der Waals surface area contributed by atoms with E-state index in [-0.39, 0.29) is 25.2 Å². The lowest BCUT2D eigenvalue weighted by Gasteiger charge is -2.25. The molecule has 14 heteroatoms. The molecule has 0 rings (SSSR count). The number of amides is 5. The Hall–Kier alpha value is -3.26. The van der Waals surface area contributed by atoms with Crippen LogP contribution in [-0.2, 0) is 28.8 Å². The number of carbonyl (C=O) groups excluding carboxylic acids is 5. The molecule has 182 valence electrons. The van der Waals surface area contributed by atoms with E-state index in [0.717, 1.165) is 0 Å². The molecular weight excluding hydrogens is 428 g/mol. The van der Waals surface area contributed by atoms with E-state index >= 15 is 0 Å². The van der Waals surface area contributed by atoms with Crippen molar-refractivity contribution in [2.24, 2.45) is 23.1 Å². The number of hydrogen-bond acceptors (Lipinski definition) is 8. The van der Waals surface area contributed by atoms with Gasteiger partial charge in [0.05, 0.1) is 19.1 Å². The van der Waals surface area contributed by atoms with Gasteiger partial charge in [0.25, 0.3) is 0 Å². The number of nitrogens with one attached hydrogen (secondary N) is 3. The highest BCUT2D eigenvalue weighted by molar-refractivity contribution is 5.95. The van der Waals surface area contributed by atoms with Crippen LogP contribution in [0.5, 0.6) is 0 Å². The molecule has 0 aliphatic heterocycles. The number of aliphatic hydroxyl groups is 1. The molecule has 0 saturated heterocycles. The van der Waals surface area contributed by atoms with Crippen LogP contribution in [0.2, 0.25) is 0 Å². The third-order valence-corrected chi connectivity index (χ3v) is 4.21. The van der Waals surface area contributed by atoms with Crippen LogP contribution in [0.4, 0.5) is 0 Å². The second-order valence-electron chi connectivity index (χ2n) is 7.62. The van der Waals surface area contributed by atoms with E-state index in [4.69, 9.17) is 17.2 Å². The highest BCUT2D eigenvalue weighted by Gasteiger charge is 2.30. The molecule has 0 aromatic carbocycles. The number of aliphatic carboxylic acids is 1. The Morgan fingerprint density at radius 3 is 1.75 bits per heavy atom. The van der Waals surface area contributed by atoms with Crippen molar-refractivity contribution in [1.29, 1.82) is 0 Å². The molecule has 0 spiro atoms. The van der Waals surface area contributed by atoms with Crippen molar-refractivity contribution in [3.63, 3.8) is 0 Å². The summed E-state index contributed by atoms with van der Waals surface area (Å²) in [7, 11) is 0. The lowest BCUT2D eigenvalue weighted by Crippen LogP contribution is -2.58. The standard InChI is InChI=1S/C18H32N6O8/c1-8(2)5-11(16(29)22-10(18(31)32)3-4-13(20)26)23-17(30)12(7-25)24-15(28)9(19)6-14(21)27/h8-12,25H,3-7,19H2,1-2H3,(H2,20,26)(H2,21,27)(H,22,29)(H,23,30)(H,24,28)(H,31,32). The quantitative estimate of drug-likeness (QED) is 0.118. The molecule has 0 heterocycles. The van der Waals surface area contributed by atoms with Gasteiger partial charge in [-0.25, -0.2) is 4.79 Å². The minimum Gasteiger partial charge on any atom is -0.480 e. The number of hydrogen-bond donors (Lipinski definition) is 8. The van der Waals surface area contributed by atoms with E-state index in [1.54, 1.807) is 13.8 Å². The van der Waals surface area contributed by atoms with Gasteiger partial charge in [-0.3, -0.25) is 24.0 Å². The number of nitrogens with two attached hydrogens (primary N) is 3. The Balaban J connectivity index is 5.28. The molecule has 0 aliphatic rings. The molecule has 0 aromatic heterocycles. The van der Waals surface area contributed by atoms with Gasteiger partial charge in [-0.05, 0) is 18.8 Å². The van der Waals surface area contributed by atoms with Crippen LogP contribution in [0, 0.1) is 5.92 Å². The molecule has 0 radical (unpaired) electrons. The zero-order chi connectivity index (χ0) is 25.0. The number of carboxylic acid groups (broad SMARTS) is 1. The minimum atomic E-state index is -1.49. The Kier molecular flexibility index (Phi) is 12.5. The molecule has 0 aromatic rings. The van der Waals surface area contributed by atoms with E-state index in [0.29, 0.717) is 0 Å². The van der Waals surface area contributed by atoms with Crippen molar-refractivity contribution in [2.75, 3.05) is 6.61 Å². The Morgan fingerprint density at radius 1 is 0.812 bits per heavy atom. The van der Waals surface area contributed by atoms with Crippen LogP contribution in [0.15, 0.2) is 0 Å². The van der Waals surface area contributed by atoms with Crippen molar-refractivity contribution in [2.45, 2.75) is 63.7 Å². The van der Waals surface area contributed by atoms with E-state index in [1.807, 2.05) is 0 Å². The largest absolute Gasteiger partial charge is 0.480 e. The van der Waals surface area contributed by atoms with Crippen LogP contribution in [0.3, 0.4) is 0 Å². The number of primary amides is 2. The summed E-state index contributed by atoms with van der Waals surface area (Å²) in [6.07, 6.45) is -0.896. The number of aliphatic hydroxyl groups excluding tert-OH is 1. The molecule has 4 unspecified atom stereocenters. The number of carboxylic acids is 1. The van der Waals surface area contributed by atoms with Gasteiger partial charge in [0, 0.05) is 6.42 Å². The highest BCUT2D eigenvalue weighted by Crippen LogP contribution is 2.07. The first kappa shape index (κ1) is 28.7. The van der Waals surface area contributed by atoms with Crippen LogP contribution in [0.1, 0.15) is 39.5 Å². The summed E-state index contributed by atoms with van der Waals surface area (Å²) in [5.74, 6) is -5.76. The molecule has 0 fully saturated rings. The van der Waals surface area contributed by atoms with Gasteiger partial charge in [-0.1, -0.05) is 13.8 Å². The Morgan fingerprint density at radius 2 is 1.31 bits per heavy atom. The molecule has 0 bridgehead atoms. The fourth-order valence-electron chi connectivity index (χ4n) is 2.57. The number of rotatable bonds is 15. The maximum Gasteiger partial charge on any atom is 0.326 e. The second-order valence-corrected chi connectivity index (χ2v) is 7.62. The normalized spacial score (nSPS) is 14.5. The third kappa shape index (κ3) is 11.2. The summed E-state index contributed by atoms with van der Waals surface area (Å²) in [5, 5.41) is 25.4. The van der Waals surface area contributed by atoms with E-state index < -0.39 is 72.7 Å². The molecular formula is C18H32N6O8. The molecule has 5 amide bonds. The van der Waals surface area contributed by atoms with E-state index in [1.165, 1.54) is 0 Å². The summed E-state index contributed by atoms with van der Waals surface area (Å²) >= 11 is 0. The summed E-state index contributed by atoms with van der Waals surface area (Å²) in [6.45, 7) is 2.66. The first-order valence-electron chi connectivity index (χ1n) is 9.85. The van der Waals surface area contributed by atoms with Crippen LogP contribution in [0.25, 0.3) is 0 Å². The fraction of sp³-hybridized carbons (Fsp3) is 0.667. The lowest BCUT2D eigenvalue weighted by atomic mass is 10.0. The van der Waals surface area contributed by atoms with Crippen molar-refractivity contribution < 1.29 is 39.0 Å². The average Bonchev–Trinajstić information content (AvgIpc) is 2.66. The van der Waals surface area contributed by atoms with Gasteiger partial charge in [0.15, 0.2) is 0 Å². The molecule has 0 saturated carbocycles. The van der Waals surface area contributed by atoms with Crippen molar-refractivity contribution in [3.8, 4) is 0 Å². The zero-order valence-corrected chi connectivity index (χ0v) is 18.0. The van der Waals surface area contributed by atoms with Gasteiger partial charge in [-0.2, -0.15) is 0 Å². The van der Waals surface area contributed by atoms with Gasteiger partial charge >= 0.3 is 5.97 Å². The monoisotopic (exact) mass is 460 g/mol. The van der Waals surface area contributed by atoms with Gasteiger partial charge < -0.3 is 43.4 Å². The predicted octanol–water partition coefficient (Wildman–Crippen LogP) is -3.97. The Labute approximate surface area is 184 Å². The zero-order valence-electron chi connectivity index (χ0n) is 18.0. The lowest BCUT2D eigenvalue weighted by molar-refractivity contribution is -0.142. The van der Waals surface area contributed by atoms with Crippen molar-refractivity contribution in [3.05, 3.63) is 0 Å². The van der Waals surface area contributed by atoms with Crippen LogP contribution >= 0.6 is 0 Å². The van der Waals surface area contributed by atoms with Crippen LogP contribution in [-0.4, -0.2) is 76.5 Å². The van der Waals surface area contributed by atoms with Gasteiger partial charge in [-0.15, -0.1) is 0 Å². The summed E-state index contributed by atoms with van der Waals surface area (Å²) in [4.78, 5) is 70.2. The van der Waals surface area contributed by atoms with Crippen LogP contribution < -0.4 is 33.2 Å². The molecule has 11 N–H and O–H groups in total. The smallest absolute Gasteiger partial charge is 0.326 e. The molecule has 32 heavy (non-hydrogen) atoms. The average molecular weight is 460 g/mol. The maximum absolute atomic E-state index is 12.6. The second kappa shape index (κ2) is 13.9. The first-order chi connectivity index (χ1) is 14.8. The van der Waals surface area contributed by atoms with Gasteiger partial charge in [0.2, 0.25) is 29.5 Å². The minimum absolute atomic E-state index is 0.104. The maximum atomic E-state index is 12.6. The molecule has 4 atom stereocenters. The third-order valence-electron chi connectivity index (χ3n) is 4.21. The molecule has 0 aliphatic carbocycles. The first-order valence-corrected chi connectivity index (χ1v) is 9.85. The summed E-state index contributed by atoms with van der Waals surface area (Å²) in [5.41, 5.74) is 15.5. The summed E-state index contributed by atoms with van der Waals surface area (Å²) in [6, 6.07) is -5.45. The van der Waals surface area contributed by atoms with Gasteiger partial charge in [0.1, 0.15) is 18.1 Å². The SMILES string of the molecule is CC(C)CC(NC(=O)C(CO)NC(=O)C(N)CC(N)=O)C(=O)NC(CCC(N)=O)C(=O)O. The summed E-state index contributed by atoms with van der Waals surface area (Å²) < 4.78 is 0. The van der Waals surface area contributed by atoms with Crippen molar-refractivity contribution in [1.82, 2.24) is 16.0 Å². The molecule has 14 nitrogen and oxygen atoms in total. The van der Waals surface area contributed by atoms with E-state index in [2.05, 4.69) is 16.0 Å². The predicted molar refractivity (Wildman–Crippen MR) is 110 cm³/mol. The van der Waals surface area contributed by atoms with E-state index in [9.17, 15) is 39.0 Å². The topological polar surface area (TPSA) is 257 Å². The van der Waals surface area contributed by atoms with Crippen molar-refractivity contribution >= 4 is 35.5 Å². The fourth-order valence-corrected chi connectivity index (χ4v) is 2.57. The highest BCUT2D eigenvalue weighted by atomic mass is 16.4.